The van der Waals surface area contributed by atoms with Crippen molar-refractivity contribution in [2.24, 2.45) is 0 Å². The third kappa shape index (κ3) is 3.12. The third-order valence-electron chi connectivity index (χ3n) is 2.48. The van der Waals surface area contributed by atoms with Crippen LogP contribution in [0.5, 0.6) is 11.8 Å². The van der Waals surface area contributed by atoms with E-state index in [4.69, 9.17) is 9.47 Å². The molecule has 0 aliphatic carbocycles. The van der Waals surface area contributed by atoms with Crippen molar-refractivity contribution in [1.82, 2.24) is 19.7 Å². The maximum Gasteiger partial charge on any atom is 0.233 e. The molecule has 0 amide bonds. The average Bonchev–Trinajstić information content (AvgIpc) is 2.87. The summed E-state index contributed by atoms with van der Waals surface area (Å²) in [5.74, 6) is 1.27. The first-order chi connectivity index (χ1) is 9.12. The molecule has 0 spiro atoms. The Labute approximate surface area is 111 Å². The fraction of sp³-hybridized carbons (Fsp3) is 0.417. The standard InChI is InChI=1S/C12H17N5O2/c1-8(2)17-7-9(6-13-17)14-12-15-10(18-3)5-11(16-12)19-4/h5-8H,1-4H3,(H,14,15,16). The number of rotatable bonds is 5. The Morgan fingerprint density at radius 3 is 2.26 bits per heavy atom. The highest BCUT2D eigenvalue weighted by Gasteiger charge is 2.07. The van der Waals surface area contributed by atoms with Crippen LogP contribution in [-0.4, -0.2) is 34.0 Å². The van der Waals surface area contributed by atoms with Crippen molar-refractivity contribution < 1.29 is 9.47 Å². The number of methoxy groups -OCH3 is 2. The molecular weight excluding hydrogens is 246 g/mol. The maximum atomic E-state index is 5.09. The first kappa shape index (κ1) is 13.1. The van der Waals surface area contributed by atoms with E-state index >= 15 is 0 Å². The third-order valence-corrected chi connectivity index (χ3v) is 2.48. The van der Waals surface area contributed by atoms with Gasteiger partial charge in [0.1, 0.15) is 0 Å². The molecule has 0 aromatic carbocycles. The van der Waals surface area contributed by atoms with E-state index < -0.39 is 0 Å². The molecule has 0 unspecified atom stereocenters. The van der Waals surface area contributed by atoms with Gasteiger partial charge in [-0.2, -0.15) is 15.1 Å². The number of hydrogen-bond donors (Lipinski definition) is 1. The summed E-state index contributed by atoms with van der Waals surface area (Å²) in [6.45, 7) is 4.11. The second-order valence-electron chi connectivity index (χ2n) is 4.20. The van der Waals surface area contributed by atoms with Gasteiger partial charge in [-0.3, -0.25) is 4.68 Å². The van der Waals surface area contributed by atoms with E-state index in [2.05, 4.69) is 34.2 Å². The highest BCUT2D eigenvalue weighted by molar-refractivity contribution is 5.51. The quantitative estimate of drug-likeness (QED) is 0.889. The number of nitrogens with zero attached hydrogens (tertiary/aromatic N) is 4. The fourth-order valence-electron chi connectivity index (χ4n) is 1.48. The molecule has 102 valence electrons. The molecule has 0 saturated heterocycles. The zero-order valence-corrected chi connectivity index (χ0v) is 11.4. The molecule has 2 rings (SSSR count). The minimum Gasteiger partial charge on any atom is -0.481 e. The molecule has 2 aromatic heterocycles. The summed E-state index contributed by atoms with van der Waals surface area (Å²) in [5, 5.41) is 7.30. The number of anilines is 2. The first-order valence-electron chi connectivity index (χ1n) is 5.90. The van der Waals surface area contributed by atoms with Gasteiger partial charge in [0.25, 0.3) is 0 Å². The summed E-state index contributed by atoms with van der Waals surface area (Å²) in [4.78, 5) is 8.38. The van der Waals surface area contributed by atoms with Crippen LogP contribution in [0.1, 0.15) is 19.9 Å². The molecule has 0 aliphatic rings. The molecule has 2 aromatic rings. The van der Waals surface area contributed by atoms with Crippen LogP contribution in [0.2, 0.25) is 0 Å². The normalized spacial score (nSPS) is 10.6. The Bertz CT molecular complexity index is 531. The maximum absolute atomic E-state index is 5.09. The molecule has 19 heavy (non-hydrogen) atoms. The topological polar surface area (TPSA) is 74.1 Å². The first-order valence-corrected chi connectivity index (χ1v) is 5.90. The summed E-state index contributed by atoms with van der Waals surface area (Å²) in [7, 11) is 3.09. The van der Waals surface area contributed by atoms with Crippen molar-refractivity contribution in [3.05, 3.63) is 18.5 Å². The van der Waals surface area contributed by atoms with Gasteiger partial charge in [-0.25, -0.2) is 0 Å². The summed E-state index contributed by atoms with van der Waals surface area (Å²) in [6, 6.07) is 1.92. The summed E-state index contributed by atoms with van der Waals surface area (Å²) >= 11 is 0. The lowest BCUT2D eigenvalue weighted by atomic mass is 10.4. The van der Waals surface area contributed by atoms with E-state index in [0.717, 1.165) is 5.69 Å². The van der Waals surface area contributed by atoms with Crippen LogP contribution < -0.4 is 14.8 Å². The van der Waals surface area contributed by atoms with Crippen molar-refractivity contribution in [3.8, 4) is 11.8 Å². The van der Waals surface area contributed by atoms with E-state index in [1.54, 1.807) is 26.5 Å². The summed E-state index contributed by atoms with van der Waals surface area (Å²) in [5.41, 5.74) is 0.809. The van der Waals surface area contributed by atoms with Crippen molar-refractivity contribution in [2.75, 3.05) is 19.5 Å². The van der Waals surface area contributed by atoms with Crippen LogP contribution in [0.15, 0.2) is 18.5 Å². The zero-order chi connectivity index (χ0) is 13.8. The predicted molar refractivity (Wildman–Crippen MR) is 71.0 cm³/mol. The monoisotopic (exact) mass is 263 g/mol. The molecule has 0 fully saturated rings. The van der Waals surface area contributed by atoms with Crippen molar-refractivity contribution in [1.29, 1.82) is 0 Å². The lowest BCUT2D eigenvalue weighted by Gasteiger charge is -2.07. The fourth-order valence-corrected chi connectivity index (χ4v) is 1.48. The SMILES string of the molecule is COc1cc(OC)nc(Nc2cnn(C(C)C)c2)n1. The van der Waals surface area contributed by atoms with E-state index in [-0.39, 0.29) is 0 Å². The van der Waals surface area contributed by atoms with Crippen LogP contribution >= 0.6 is 0 Å². The van der Waals surface area contributed by atoms with Crippen LogP contribution in [0, 0.1) is 0 Å². The minimum absolute atomic E-state index is 0.302. The lowest BCUT2D eigenvalue weighted by Crippen LogP contribution is -2.01. The lowest BCUT2D eigenvalue weighted by molar-refractivity contribution is 0.373. The van der Waals surface area contributed by atoms with Crippen LogP contribution in [0.4, 0.5) is 11.6 Å². The molecule has 1 N–H and O–H groups in total. The second-order valence-corrected chi connectivity index (χ2v) is 4.20. The van der Waals surface area contributed by atoms with Crippen molar-refractivity contribution in [2.45, 2.75) is 19.9 Å². The Morgan fingerprint density at radius 1 is 1.16 bits per heavy atom. The molecule has 0 aliphatic heterocycles. The van der Waals surface area contributed by atoms with Gasteiger partial charge in [-0.15, -0.1) is 0 Å². The van der Waals surface area contributed by atoms with Gasteiger partial charge in [0.15, 0.2) is 0 Å². The van der Waals surface area contributed by atoms with E-state index in [0.29, 0.717) is 23.8 Å². The average molecular weight is 263 g/mol. The van der Waals surface area contributed by atoms with Gasteiger partial charge in [0, 0.05) is 12.2 Å². The van der Waals surface area contributed by atoms with Crippen molar-refractivity contribution in [3.63, 3.8) is 0 Å². The summed E-state index contributed by atoms with van der Waals surface area (Å²) < 4.78 is 12.0. The van der Waals surface area contributed by atoms with Gasteiger partial charge in [0.05, 0.1) is 32.2 Å². The van der Waals surface area contributed by atoms with Gasteiger partial charge in [-0.1, -0.05) is 0 Å². The van der Waals surface area contributed by atoms with E-state index in [1.807, 2.05) is 10.9 Å². The molecule has 2 heterocycles. The largest absolute Gasteiger partial charge is 0.481 e. The number of ether oxygens (including phenoxy) is 2. The summed E-state index contributed by atoms with van der Waals surface area (Å²) in [6.07, 6.45) is 3.61. The van der Waals surface area contributed by atoms with Crippen LogP contribution in [0.3, 0.4) is 0 Å². The molecule has 0 atom stereocenters. The molecule has 0 radical (unpaired) electrons. The van der Waals surface area contributed by atoms with E-state index in [1.165, 1.54) is 0 Å². The highest BCUT2D eigenvalue weighted by atomic mass is 16.5. The minimum atomic E-state index is 0.302. The van der Waals surface area contributed by atoms with E-state index in [9.17, 15) is 0 Å². The molecule has 0 bridgehead atoms. The zero-order valence-electron chi connectivity index (χ0n) is 11.4. The molecule has 7 nitrogen and oxygen atoms in total. The van der Waals surface area contributed by atoms with Gasteiger partial charge >= 0.3 is 0 Å². The van der Waals surface area contributed by atoms with Crippen LogP contribution in [-0.2, 0) is 0 Å². The van der Waals surface area contributed by atoms with Crippen molar-refractivity contribution >= 4 is 11.6 Å². The second kappa shape index (κ2) is 5.55. The number of hydrogen-bond acceptors (Lipinski definition) is 6. The Morgan fingerprint density at radius 2 is 1.79 bits per heavy atom. The Balaban J connectivity index is 2.21. The number of aromatic nitrogens is 4. The molecule has 0 saturated carbocycles. The van der Waals surface area contributed by atoms with Gasteiger partial charge < -0.3 is 14.8 Å². The highest BCUT2D eigenvalue weighted by Crippen LogP contribution is 2.20. The Hall–Kier alpha value is -2.31. The smallest absolute Gasteiger partial charge is 0.233 e. The predicted octanol–water partition coefficient (Wildman–Crippen LogP) is 2.01. The molecular formula is C12H17N5O2. The molecule has 7 heteroatoms. The van der Waals surface area contributed by atoms with Gasteiger partial charge in [0.2, 0.25) is 17.7 Å². The Kier molecular flexibility index (Phi) is 3.84. The number of nitrogens with one attached hydrogen (secondary N) is 1. The van der Waals surface area contributed by atoms with Gasteiger partial charge in [-0.05, 0) is 13.8 Å². The van der Waals surface area contributed by atoms with Crippen LogP contribution in [0.25, 0.3) is 0 Å².